The van der Waals surface area contributed by atoms with E-state index in [0.29, 0.717) is 0 Å². The molecule has 60 valence electrons. The smallest absolute Gasteiger partial charge is 0.00562 e. The summed E-state index contributed by atoms with van der Waals surface area (Å²) in [5.74, 6) is 0. The maximum absolute atomic E-state index is 2.23. The molecule has 0 N–H and O–H groups in total. The first-order valence-corrected chi connectivity index (χ1v) is 5.27. The summed E-state index contributed by atoms with van der Waals surface area (Å²) >= 11 is 0. The second kappa shape index (κ2) is 3.55. The average Bonchev–Trinajstić information content (AvgIpc) is 2.21. The monoisotopic (exact) mass is 174 g/mol. The minimum atomic E-state index is 0.200. The lowest BCUT2D eigenvalue weighted by molar-refractivity contribution is 1.47. The second-order valence-electron chi connectivity index (χ2n) is 2.53. The highest BCUT2D eigenvalue weighted by Crippen LogP contribution is 2.28. The fourth-order valence-electron chi connectivity index (χ4n) is 1.10. The van der Waals surface area contributed by atoms with Crippen molar-refractivity contribution in [3.63, 3.8) is 0 Å². The Hall–Kier alpha value is -1.08. The quantitative estimate of drug-likeness (QED) is 0.573. The molecule has 1 aliphatic rings. The Morgan fingerprint density at radius 2 is 1.67 bits per heavy atom. The van der Waals surface area contributed by atoms with Gasteiger partial charge in [-0.3, -0.25) is 0 Å². The van der Waals surface area contributed by atoms with Crippen LogP contribution in [0.15, 0.2) is 58.9 Å². The van der Waals surface area contributed by atoms with Crippen molar-refractivity contribution in [3.8, 4) is 0 Å². The number of allylic oxidation sites excluding steroid dienone is 3. The Morgan fingerprint density at radius 3 is 2.33 bits per heavy atom. The standard InChI is InChI=1S/C11H10S/c1-3-7-11(8-4-1)12-9-5-2-6-10-12/h1-10H. The lowest BCUT2D eigenvalue weighted by Crippen LogP contribution is -1.76. The summed E-state index contributed by atoms with van der Waals surface area (Å²) in [6.45, 7) is 0. The van der Waals surface area contributed by atoms with E-state index in [9.17, 15) is 0 Å². The van der Waals surface area contributed by atoms with Gasteiger partial charge >= 0.3 is 0 Å². The zero-order valence-corrected chi connectivity index (χ0v) is 7.50. The van der Waals surface area contributed by atoms with E-state index in [1.165, 1.54) is 4.90 Å². The van der Waals surface area contributed by atoms with Gasteiger partial charge in [-0.2, -0.15) is 0 Å². The molecule has 12 heavy (non-hydrogen) atoms. The normalized spacial score (nSPS) is 20.5. The van der Waals surface area contributed by atoms with Crippen molar-refractivity contribution >= 4 is 15.9 Å². The minimum Gasteiger partial charge on any atom is -0.131 e. The van der Waals surface area contributed by atoms with Crippen LogP contribution in [0.1, 0.15) is 0 Å². The number of rotatable bonds is 1. The van der Waals surface area contributed by atoms with E-state index in [4.69, 9.17) is 0 Å². The maximum atomic E-state index is 2.23. The summed E-state index contributed by atoms with van der Waals surface area (Å²) in [5.41, 5.74) is 0. The first kappa shape index (κ1) is 7.56. The van der Waals surface area contributed by atoms with E-state index >= 15 is 0 Å². The summed E-state index contributed by atoms with van der Waals surface area (Å²) in [7, 11) is 0.200. The van der Waals surface area contributed by atoms with Gasteiger partial charge in [0, 0.05) is 4.90 Å². The van der Waals surface area contributed by atoms with Crippen LogP contribution in [-0.2, 0) is 0 Å². The highest BCUT2D eigenvalue weighted by Gasteiger charge is 1.93. The van der Waals surface area contributed by atoms with Crippen LogP contribution in [0.5, 0.6) is 0 Å². The highest BCUT2D eigenvalue weighted by molar-refractivity contribution is 8.17. The highest BCUT2D eigenvalue weighted by atomic mass is 32.2. The molecule has 1 aliphatic heterocycles. The second-order valence-corrected chi connectivity index (χ2v) is 4.29. The summed E-state index contributed by atoms with van der Waals surface area (Å²) < 4.78 is 0. The van der Waals surface area contributed by atoms with Crippen LogP contribution in [0.3, 0.4) is 0 Å². The molecule has 1 aromatic rings. The van der Waals surface area contributed by atoms with Crippen molar-refractivity contribution in [1.29, 1.82) is 0 Å². The lowest BCUT2D eigenvalue weighted by Gasteiger charge is -2.04. The molecule has 0 radical (unpaired) electrons. The predicted molar refractivity (Wildman–Crippen MR) is 56.6 cm³/mol. The largest absolute Gasteiger partial charge is 0.131 e. The van der Waals surface area contributed by atoms with Crippen LogP contribution in [0.2, 0.25) is 0 Å². The first-order valence-electron chi connectivity index (χ1n) is 3.92. The molecular weight excluding hydrogens is 164 g/mol. The van der Waals surface area contributed by atoms with Gasteiger partial charge in [0.1, 0.15) is 0 Å². The molecule has 0 bridgehead atoms. The Morgan fingerprint density at radius 1 is 0.833 bits per heavy atom. The first-order chi connectivity index (χ1) is 5.97. The SMILES string of the molecule is C1=CC=S(c2ccccc2)C=C1. The van der Waals surface area contributed by atoms with Crippen molar-refractivity contribution in [2.45, 2.75) is 4.90 Å². The van der Waals surface area contributed by atoms with Crippen molar-refractivity contribution in [1.82, 2.24) is 0 Å². The summed E-state index contributed by atoms with van der Waals surface area (Å²) in [6, 6.07) is 10.6. The predicted octanol–water partition coefficient (Wildman–Crippen LogP) is 3.20. The van der Waals surface area contributed by atoms with Gasteiger partial charge in [-0.1, -0.05) is 36.4 Å². The van der Waals surface area contributed by atoms with Crippen LogP contribution < -0.4 is 0 Å². The van der Waals surface area contributed by atoms with E-state index < -0.39 is 0 Å². The topological polar surface area (TPSA) is 0 Å². The van der Waals surface area contributed by atoms with Gasteiger partial charge in [-0.25, -0.2) is 0 Å². The fraction of sp³-hybridized carbons (Fsp3) is 0. The molecule has 0 nitrogen and oxygen atoms in total. The Balaban J connectivity index is 2.38. The van der Waals surface area contributed by atoms with Crippen molar-refractivity contribution in [3.05, 3.63) is 54.0 Å². The van der Waals surface area contributed by atoms with Gasteiger partial charge in [0.15, 0.2) is 0 Å². The van der Waals surface area contributed by atoms with Gasteiger partial charge in [0.05, 0.1) is 0 Å². The molecule has 1 heterocycles. The summed E-state index contributed by atoms with van der Waals surface area (Å²) in [5, 5.41) is 4.46. The Bertz CT molecular complexity index is 345. The molecule has 1 heteroatoms. The van der Waals surface area contributed by atoms with Crippen LogP contribution in [0.4, 0.5) is 0 Å². The molecule has 0 spiro atoms. The molecule has 1 unspecified atom stereocenters. The van der Waals surface area contributed by atoms with E-state index in [0.717, 1.165) is 0 Å². The maximum Gasteiger partial charge on any atom is 0.00562 e. The van der Waals surface area contributed by atoms with Gasteiger partial charge in [-0.15, -0.1) is 10.5 Å². The zero-order valence-electron chi connectivity index (χ0n) is 6.68. The zero-order chi connectivity index (χ0) is 8.23. The molecular formula is C11H10S. The van der Waals surface area contributed by atoms with Crippen molar-refractivity contribution in [2.24, 2.45) is 0 Å². The summed E-state index contributed by atoms with van der Waals surface area (Å²) in [6.07, 6.45) is 6.28. The average molecular weight is 174 g/mol. The molecule has 0 aromatic heterocycles. The molecule has 0 saturated carbocycles. The number of hydrogen-bond acceptors (Lipinski definition) is 0. The Kier molecular flexibility index (Phi) is 2.23. The molecule has 0 fully saturated rings. The van der Waals surface area contributed by atoms with Crippen LogP contribution in [-0.4, -0.2) is 5.37 Å². The summed E-state index contributed by atoms with van der Waals surface area (Å²) in [4.78, 5) is 1.39. The van der Waals surface area contributed by atoms with Gasteiger partial charge in [0.2, 0.25) is 0 Å². The third-order valence-electron chi connectivity index (χ3n) is 1.69. The van der Waals surface area contributed by atoms with Crippen LogP contribution in [0.25, 0.3) is 0 Å². The number of hydrogen-bond donors (Lipinski definition) is 0. The van der Waals surface area contributed by atoms with E-state index in [-0.39, 0.29) is 10.5 Å². The lowest BCUT2D eigenvalue weighted by atomic mass is 10.4. The molecule has 1 aromatic carbocycles. The number of benzene rings is 1. The van der Waals surface area contributed by atoms with Crippen molar-refractivity contribution < 1.29 is 0 Å². The van der Waals surface area contributed by atoms with E-state index in [2.05, 4.69) is 59.3 Å². The van der Waals surface area contributed by atoms with Gasteiger partial charge in [-0.05, 0) is 22.9 Å². The van der Waals surface area contributed by atoms with Crippen molar-refractivity contribution in [2.75, 3.05) is 0 Å². The molecule has 2 rings (SSSR count). The molecule has 0 saturated heterocycles. The fourth-order valence-corrected chi connectivity index (χ4v) is 2.50. The van der Waals surface area contributed by atoms with E-state index in [1.807, 2.05) is 0 Å². The third-order valence-corrected chi connectivity index (χ3v) is 3.41. The van der Waals surface area contributed by atoms with Gasteiger partial charge < -0.3 is 0 Å². The molecule has 0 aliphatic carbocycles. The van der Waals surface area contributed by atoms with E-state index in [1.54, 1.807) is 0 Å². The molecule has 1 atom stereocenters. The minimum absolute atomic E-state index is 0.200. The van der Waals surface area contributed by atoms with Crippen LogP contribution in [0, 0.1) is 0 Å². The molecule has 0 amide bonds. The Labute approximate surface area is 75.2 Å². The third kappa shape index (κ3) is 1.56. The van der Waals surface area contributed by atoms with Crippen LogP contribution >= 0.6 is 10.5 Å². The van der Waals surface area contributed by atoms with Gasteiger partial charge in [0.25, 0.3) is 0 Å².